The van der Waals surface area contributed by atoms with Crippen LogP contribution < -0.4 is 15.8 Å². The Balaban J connectivity index is 1.93. The molecule has 0 aliphatic rings. The Kier molecular flexibility index (Phi) is 4.09. The summed E-state index contributed by atoms with van der Waals surface area (Å²) in [5.74, 6) is -0.829. The van der Waals surface area contributed by atoms with E-state index in [4.69, 9.17) is 4.42 Å². The summed E-state index contributed by atoms with van der Waals surface area (Å²) >= 11 is 0. The number of rotatable bonds is 4. The standard InChI is InChI=1S/C16H15N3O5S/c1-10(20)17-11-4-3-5-13(8-11)25(22,23)18-12-6-7-14-15(9-12)24-16(21)19(14)2/h3-9,18H,1-2H3,(H,17,20). The van der Waals surface area contributed by atoms with Crippen molar-refractivity contribution in [2.45, 2.75) is 11.8 Å². The summed E-state index contributed by atoms with van der Waals surface area (Å²) in [5, 5.41) is 2.53. The van der Waals surface area contributed by atoms with E-state index < -0.39 is 15.8 Å². The molecule has 9 heteroatoms. The van der Waals surface area contributed by atoms with Crippen LogP contribution in [0, 0.1) is 0 Å². The van der Waals surface area contributed by atoms with E-state index in [-0.39, 0.29) is 22.1 Å². The molecule has 1 heterocycles. The molecule has 0 saturated carbocycles. The lowest BCUT2D eigenvalue weighted by Gasteiger charge is -2.09. The molecule has 1 amide bonds. The highest BCUT2D eigenvalue weighted by Gasteiger charge is 2.16. The number of nitrogens with one attached hydrogen (secondary N) is 2. The highest BCUT2D eigenvalue weighted by atomic mass is 32.2. The normalized spacial score (nSPS) is 11.4. The fourth-order valence-electron chi connectivity index (χ4n) is 2.36. The van der Waals surface area contributed by atoms with Crippen LogP contribution in [0.4, 0.5) is 11.4 Å². The maximum absolute atomic E-state index is 12.5. The predicted molar refractivity (Wildman–Crippen MR) is 93.0 cm³/mol. The first-order valence-corrected chi connectivity index (χ1v) is 8.75. The molecule has 25 heavy (non-hydrogen) atoms. The first kappa shape index (κ1) is 16.8. The molecule has 0 unspecified atom stereocenters. The smallest absolute Gasteiger partial charge is 0.408 e. The minimum Gasteiger partial charge on any atom is -0.408 e. The Hall–Kier alpha value is -3.07. The molecule has 2 N–H and O–H groups in total. The number of anilines is 2. The van der Waals surface area contributed by atoms with Gasteiger partial charge in [-0.1, -0.05) is 6.07 Å². The second-order valence-corrected chi connectivity index (χ2v) is 7.11. The van der Waals surface area contributed by atoms with Gasteiger partial charge in [-0.15, -0.1) is 0 Å². The van der Waals surface area contributed by atoms with Gasteiger partial charge in [0.15, 0.2) is 5.58 Å². The fraction of sp³-hybridized carbons (Fsp3) is 0.125. The molecular weight excluding hydrogens is 346 g/mol. The quantitative estimate of drug-likeness (QED) is 0.737. The van der Waals surface area contributed by atoms with Gasteiger partial charge in [0.2, 0.25) is 5.91 Å². The van der Waals surface area contributed by atoms with Crippen LogP contribution in [0.1, 0.15) is 6.92 Å². The molecule has 0 aliphatic carbocycles. The van der Waals surface area contributed by atoms with Gasteiger partial charge >= 0.3 is 5.76 Å². The molecule has 3 rings (SSSR count). The number of oxazole rings is 1. The van der Waals surface area contributed by atoms with Gasteiger partial charge in [-0.05, 0) is 30.3 Å². The number of carbonyl (C=O) groups is 1. The number of sulfonamides is 1. The first-order valence-electron chi connectivity index (χ1n) is 7.26. The summed E-state index contributed by atoms with van der Waals surface area (Å²) in [5.41, 5.74) is 1.46. The van der Waals surface area contributed by atoms with Crippen molar-refractivity contribution >= 4 is 38.4 Å². The molecule has 0 atom stereocenters. The Morgan fingerprint density at radius 3 is 2.60 bits per heavy atom. The van der Waals surface area contributed by atoms with Crippen molar-refractivity contribution < 1.29 is 17.6 Å². The van der Waals surface area contributed by atoms with Gasteiger partial charge in [0, 0.05) is 25.7 Å². The number of nitrogens with zero attached hydrogens (tertiary/aromatic N) is 1. The maximum atomic E-state index is 12.5. The van der Waals surface area contributed by atoms with E-state index in [1.165, 1.54) is 41.8 Å². The van der Waals surface area contributed by atoms with Crippen LogP contribution in [0.2, 0.25) is 0 Å². The predicted octanol–water partition coefficient (Wildman–Crippen LogP) is 1.89. The SMILES string of the molecule is CC(=O)Nc1cccc(S(=O)(=O)Nc2ccc3c(c2)oc(=O)n3C)c1. The minimum atomic E-state index is -3.87. The summed E-state index contributed by atoms with van der Waals surface area (Å²) < 4.78 is 33.8. The molecule has 0 saturated heterocycles. The van der Waals surface area contributed by atoms with Gasteiger partial charge < -0.3 is 9.73 Å². The molecule has 2 aromatic carbocycles. The number of hydrogen-bond acceptors (Lipinski definition) is 5. The fourth-order valence-corrected chi connectivity index (χ4v) is 3.45. The van der Waals surface area contributed by atoms with Crippen molar-refractivity contribution in [3.63, 3.8) is 0 Å². The summed E-state index contributed by atoms with van der Waals surface area (Å²) in [6, 6.07) is 10.4. The largest absolute Gasteiger partial charge is 0.419 e. The number of hydrogen-bond donors (Lipinski definition) is 2. The van der Waals surface area contributed by atoms with Crippen LogP contribution in [0.15, 0.2) is 56.6 Å². The highest BCUT2D eigenvalue weighted by Crippen LogP contribution is 2.22. The van der Waals surface area contributed by atoms with Crippen LogP contribution in [0.5, 0.6) is 0 Å². The van der Waals surface area contributed by atoms with Crippen molar-refractivity contribution in [1.29, 1.82) is 0 Å². The van der Waals surface area contributed by atoms with E-state index in [2.05, 4.69) is 10.0 Å². The summed E-state index contributed by atoms with van der Waals surface area (Å²) in [4.78, 5) is 22.6. The number of benzene rings is 2. The second kappa shape index (κ2) is 6.10. The van der Waals surface area contributed by atoms with Gasteiger partial charge in [-0.3, -0.25) is 14.1 Å². The molecule has 130 valence electrons. The molecule has 1 aromatic heterocycles. The average molecular weight is 361 g/mol. The summed E-state index contributed by atoms with van der Waals surface area (Å²) in [6.45, 7) is 1.34. The third-order valence-corrected chi connectivity index (χ3v) is 4.89. The number of aryl methyl sites for hydroxylation is 1. The van der Waals surface area contributed by atoms with Gasteiger partial charge in [-0.2, -0.15) is 0 Å². The Labute approximate surface area is 143 Å². The zero-order chi connectivity index (χ0) is 18.2. The topological polar surface area (TPSA) is 110 Å². The third kappa shape index (κ3) is 3.41. The Bertz CT molecular complexity index is 1130. The van der Waals surface area contributed by atoms with Crippen LogP contribution in [0.3, 0.4) is 0 Å². The van der Waals surface area contributed by atoms with Crippen molar-refractivity contribution in [3.8, 4) is 0 Å². The highest BCUT2D eigenvalue weighted by molar-refractivity contribution is 7.92. The van der Waals surface area contributed by atoms with Gasteiger partial charge in [-0.25, -0.2) is 13.2 Å². The van der Waals surface area contributed by atoms with Crippen LogP contribution >= 0.6 is 0 Å². The molecule has 0 spiro atoms. The zero-order valence-corrected chi connectivity index (χ0v) is 14.3. The lowest BCUT2D eigenvalue weighted by Crippen LogP contribution is -2.14. The lowest BCUT2D eigenvalue weighted by molar-refractivity contribution is -0.114. The van der Waals surface area contributed by atoms with E-state index in [9.17, 15) is 18.0 Å². The van der Waals surface area contributed by atoms with Crippen molar-refractivity contribution in [3.05, 3.63) is 53.0 Å². The summed E-state index contributed by atoms with van der Waals surface area (Å²) in [7, 11) is -2.31. The lowest BCUT2D eigenvalue weighted by atomic mass is 10.3. The van der Waals surface area contributed by atoms with Crippen LogP contribution in [0.25, 0.3) is 11.1 Å². The number of aromatic nitrogens is 1. The van der Waals surface area contributed by atoms with Crippen LogP contribution in [-0.2, 0) is 21.9 Å². The second-order valence-electron chi connectivity index (χ2n) is 5.42. The van der Waals surface area contributed by atoms with E-state index in [1.54, 1.807) is 19.2 Å². The Morgan fingerprint density at radius 1 is 1.12 bits per heavy atom. The molecule has 8 nitrogen and oxygen atoms in total. The van der Waals surface area contributed by atoms with Crippen molar-refractivity contribution in [2.24, 2.45) is 7.05 Å². The number of carbonyl (C=O) groups excluding carboxylic acids is 1. The summed E-state index contributed by atoms with van der Waals surface area (Å²) in [6.07, 6.45) is 0. The molecular formula is C16H15N3O5S. The molecule has 0 bridgehead atoms. The Morgan fingerprint density at radius 2 is 1.88 bits per heavy atom. The zero-order valence-electron chi connectivity index (χ0n) is 13.4. The molecule has 0 fully saturated rings. The van der Waals surface area contributed by atoms with E-state index in [0.29, 0.717) is 11.2 Å². The van der Waals surface area contributed by atoms with E-state index in [1.807, 2.05) is 0 Å². The molecule has 3 aromatic rings. The molecule has 0 aliphatic heterocycles. The van der Waals surface area contributed by atoms with Crippen LogP contribution in [-0.4, -0.2) is 18.9 Å². The number of amides is 1. The van der Waals surface area contributed by atoms with Gasteiger partial charge in [0.05, 0.1) is 16.1 Å². The van der Waals surface area contributed by atoms with E-state index >= 15 is 0 Å². The number of fused-ring (bicyclic) bond motifs is 1. The van der Waals surface area contributed by atoms with Crippen molar-refractivity contribution in [1.82, 2.24) is 4.57 Å². The van der Waals surface area contributed by atoms with Gasteiger partial charge in [0.25, 0.3) is 10.0 Å². The minimum absolute atomic E-state index is 0.00615. The average Bonchev–Trinajstić information content (AvgIpc) is 2.81. The monoisotopic (exact) mass is 361 g/mol. The third-order valence-electron chi connectivity index (χ3n) is 3.51. The maximum Gasteiger partial charge on any atom is 0.419 e. The molecule has 0 radical (unpaired) electrons. The van der Waals surface area contributed by atoms with Crippen molar-refractivity contribution in [2.75, 3.05) is 10.0 Å². The van der Waals surface area contributed by atoms with E-state index in [0.717, 1.165) is 0 Å². The first-order chi connectivity index (χ1) is 11.8. The van der Waals surface area contributed by atoms with Gasteiger partial charge in [0.1, 0.15) is 0 Å².